The topological polar surface area (TPSA) is 320 Å². The van der Waals surface area contributed by atoms with Crippen LogP contribution in [0.5, 0.6) is 0 Å². The van der Waals surface area contributed by atoms with E-state index in [4.69, 9.17) is 59.4 Å². The van der Waals surface area contributed by atoms with Gasteiger partial charge in [-0.1, -0.05) is 120 Å². The first kappa shape index (κ1) is 67.7. The molecule has 0 aliphatic heterocycles. The van der Waals surface area contributed by atoms with Crippen molar-refractivity contribution in [3.63, 3.8) is 0 Å². The molecule has 79 heavy (non-hydrogen) atoms. The van der Waals surface area contributed by atoms with Crippen LogP contribution in [0.4, 0.5) is 19.2 Å². The predicted molar refractivity (Wildman–Crippen MR) is 301 cm³/mol. The number of ether oxygens (including phenoxy) is 4. The van der Waals surface area contributed by atoms with Gasteiger partial charge in [-0.3, -0.25) is 14.4 Å². The van der Waals surface area contributed by atoms with Crippen LogP contribution in [0.3, 0.4) is 0 Å². The molecular weight excluding hydrogens is 1060 g/mol. The van der Waals surface area contributed by atoms with Crippen molar-refractivity contribution >= 4 is 71.1 Å². The lowest BCUT2D eigenvalue weighted by Gasteiger charge is -2.24. The number of rotatable bonds is 26. The maximum atomic E-state index is 13.2. The van der Waals surface area contributed by atoms with Gasteiger partial charge in [0.05, 0.1) is 12.1 Å². The number of Topliss-reactive ketones (excluding diaryl/α,β-unsaturated/α-hetero) is 1. The molecule has 4 aromatic carbocycles. The Bertz CT molecular complexity index is 2550. The maximum Gasteiger partial charge on any atom is 0.408 e. The quantitative estimate of drug-likeness (QED) is 0.0215. The number of primary amides is 2. The van der Waals surface area contributed by atoms with E-state index in [0.717, 1.165) is 11.1 Å². The number of nitrogens with one attached hydrogen (secondary N) is 4. The second-order valence-electron chi connectivity index (χ2n) is 20.1. The molecule has 2 unspecified atom stereocenters. The number of amides is 6. The number of aliphatic carboxylic acids is 1. The molecule has 0 saturated carbocycles. The van der Waals surface area contributed by atoms with Crippen LogP contribution < -0.4 is 38.5 Å². The summed E-state index contributed by atoms with van der Waals surface area (Å²) in [7, 11) is 0. The van der Waals surface area contributed by atoms with Crippen molar-refractivity contribution < 1.29 is 62.4 Å². The number of halogens is 2. The highest BCUT2D eigenvalue weighted by molar-refractivity contribution is 6.31. The van der Waals surface area contributed by atoms with Crippen LogP contribution in [0.2, 0.25) is 10.0 Å². The number of unbranched alkanes of at least 4 members (excludes halogenated alkanes) is 2. The first-order valence-corrected chi connectivity index (χ1v) is 26.4. The fraction of sp³-hybridized carbons (Fsp3) is 0.439. The molecule has 11 N–H and O–H groups in total. The van der Waals surface area contributed by atoms with Gasteiger partial charge in [-0.05, 0) is 116 Å². The summed E-state index contributed by atoms with van der Waals surface area (Å²) in [6.07, 6.45) is 0.619. The molecule has 0 aromatic heterocycles. The van der Waals surface area contributed by atoms with Gasteiger partial charge in [0.15, 0.2) is 5.78 Å². The van der Waals surface area contributed by atoms with Gasteiger partial charge in [-0.25, -0.2) is 24.0 Å². The number of carbonyl (C=O) groups is 8. The van der Waals surface area contributed by atoms with E-state index in [1.54, 1.807) is 90.1 Å². The Morgan fingerprint density at radius 1 is 0.532 bits per heavy atom. The zero-order chi connectivity index (χ0) is 59.0. The summed E-state index contributed by atoms with van der Waals surface area (Å²) in [4.78, 5) is 94.9. The molecule has 0 bridgehead atoms. The van der Waals surface area contributed by atoms with E-state index in [1.165, 1.54) is 0 Å². The fourth-order valence-corrected chi connectivity index (χ4v) is 7.32. The number of hydrogen-bond donors (Lipinski definition) is 8. The lowest BCUT2D eigenvalue weighted by Crippen LogP contribution is -2.44. The summed E-state index contributed by atoms with van der Waals surface area (Å²) in [5.74, 6) is -3.20. The van der Waals surface area contributed by atoms with E-state index in [1.807, 2.05) is 60.7 Å². The summed E-state index contributed by atoms with van der Waals surface area (Å²) in [6, 6.07) is 30.5. The second kappa shape index (κ2) is 35.9. The number of alkyl carbamates (subject to hydrolysis) is 4. The van der Waals surface area contributed by atoms with Crippen molar-refractivity contribution in [2.45, 2.75) is 142 Å². The first-order chi connectivity index (χ1) is 37.2. The summed E-state index contributed by atoms with van der Waals surface area (Å²) >= 11 is 12.0. The molecule has 6 amide bonds. The SMILES string of the molecule is CC(C)(C)OC(=O)N[C@@H](CCCCNC(=O)OCc1ccccc1Cl)C(=O)CC(Cc1ccccc1)C(N)=O.CC(C)(C)OC(=O)N[C@@H](CCCCNC(=O)OCc1ccccc1Cl)C(=O)O.NC(=O)C(N)Cc1ccccc1. The van der Waals surface area contributed by atoms with Gasteiger partial charge in [0.1, 0.15) is 30.5 Å². The molecule has 4 rings (SSSR count). The summed E-state index contributed by atoms with van der Waals surface area (Å²) in [5, 5.41) is 20.4. The fourth-order valence-electron chi connectivity index (χ4n) is 6.94. The van der Waals surface area contributed by atoms with Crippen LogP contribution in [0, 0.1) is 5.92 Å². The van der Waals surface area contributed by atoms with Crippen molar-refractivity contribution in [3.8, 4) is 0 Å². The third-order valence-electron chi connectivity index (χ3n) is 10.9. The maximum absolute atomic E-state index is 13.2. The van der Waals surface area contributed by atoms with Crippen LogP contribution in [0.15, 0.2) is 109 Å². The van der Waals surface area contributed by atoms with Gasteiger partial charge in [0, 0.05) is 46.6 Å². The van der Waals surface area contributed by atoms with E-state index in [2.05, 4.69) is 21.3 Å². The van der Waals surface area contributed by atoms with Crippen LogP contribution in [-0.4, -0.2) is 95.5 Å². The molecule has 0 saturated heterocycles. The van der Waals surface area contributed by atoms with Gasteiger partial charge in [0.25, 0.3) is 0 Å². The second-order valence-corrected chi connectivity index (χ2v) is 20.9. The smallest absolute Gasteiger partial charge is 0.408 e. The Labute approximate surface area is 472 Å². The van der Waals surface area contributed by atoms with E-state index < -0.39 is 77.4 Å². The van der Waals surface area contributed by atoms with Gasteiger partial charge in [-0.2, -0.15) is 0 Å². The van der Waals surface area contributed by atoms with Crippen LogP contribution >= 0.6 is 23.2 Å². The molecule has 432 valence electrons. The number of carboxylic acid groups (broad SMARTS) is 1. The lowest BCUT2D eigenvalue weighted by molar-refractivity contribution is -0.139. The van der Waals surface area contributed by atoms with Crippen molar-refractivity contribution in [1.29, 1.82) is 0 Å². The number of carboxylic acids is 1. The van der Waals surface area contributed by atoms with Gasteiger partial charge < -0.3 is 62.5 Å². The summed E-state index contributed by atoms with van der Waals surface area (Å²) in [6.45, 7) is 11.0. The highest BCUT2D eigenvalue weighted by Gasteiger charge is 2.29. The Morgan fingerprint density at radius 2 is 0.924 bits per heavy atom. The first-order valence-electron chi connectivity index (χ1n) is 25.7. The monoisotopic (exact) mass is 1140 g/mol. The number of carbonyl (C=O) groups excluding carboxylic acids is 7. The molecule has 0 aliphatic rings. The van der Waals surface area contributed by atoms with Crippen molar-refractivity contribution in [2.75, 3.05) is 13.1 Å². The molecule has 4 atom stereocenters. The molecule has 0 heterocycles. The summed E-state index contributed by atoms with van der Waals surface area (Å²) < 4.78 is 20.6. The zero-order valence-electron chi connectivity index (χ0n) is 45.7. The molecule has 20 nitrogen and oxygen atoms in total. The van der Waals surface area contributed by atoms with Crippen molar-refractivity contribution in [3.05, 3.63) is 141 Å². The average molecular weight is 1140 g/mol. The highest BCUT2D eigenvalue weighted by Crippen LogP contribution is 2.19. The molecule has 4 aromatic rings. The zero-order valence-corrected chi connectivity index (χ0v) is 47.2. The largest absolute Gasteiger partial charge is 0.480 e. The van der Waals surface area contributed by atoms with Crippen LogP contribution in [-0.2, 0) is 64.2 Å². The van der Waals surface area contributed by atoms with E-state index in [0.29, 0.717) is 79.2 Å². The number of hydrogen-bond acceptors (Lipinski definition) is 13. The average Bonchev–Trinajstić information content (AvgIpc) is 3.37. The number of benzene rings is 4. The minimum atomic E-state index is -1.14. The van der Waals surface area contributed by atoms with Gasteiger partial charge in [0.2, 0.25) is 11.8 Å². The van der Waals surface area contributed by atoms with E-state index in [-0.39, 0.29) is 31.8 Å². The Morgan fingerprint density at radius 3 is 1.32 bits per heavy atom. The number of nitrogens with two attached hydrogens (primary N) is 3. The van der Waals surface area contributed by atoms with Crippen LogP contribution in [0.25, 0.3) is 0 Å². The minimum absolute atomic E-state index is 0.0475. The normalized spacial score (nSPS) is 12.4. The number of ketones is 1. The highest BCUT2D eigenvalue weighted by atomic mass is 35.5. The third kappa shape index (κ3) is 31.5. The van der Waals surface area contributed by atoms with Gasteiger partial charge in [-0.15, -0.1) is 0 Å². The molecule has 22 heteroatoms. The molecular formula is C57H77Cl2N7O13. The molecule has 0 fully saturated rings. The molecule has 0 radical (unpaired) electrons. The Kier molecular flexibility index (Phi) is 30.7. The van der Waals surface area contributed by atoms with Gasteiger partial charge >= 0.3 is 30.3 Å². The lowest BCUT2D eigenvalue weighted by atomic mass is 9.90. The van der Waals surface area contributed by atoms with Crippen molar-refractivity contribution in [1.82, 2.24) is 21.3 Å². The summed E-state index contributed by atoms with van der Waals surface area (Å²) in [5.41, 5.74) is 18.0. The predicted octanol–water partition coefficient (Wildman–Crippen LogP) is 8.69. The Hall–Kier alpha value is -7.42. The molecule has 0 aliphatic carbocycles. The third-order valence-corrected chi connectivity index (χ3v) is 11.7. The van der Waals surface area contributed by atoms with E-state index >= 15 is 0 Å². The minimum Gasteiger partial charge on any atom is -0.480 e. The van der Waals surface area contributed by atoms with Crippen molar-refractivity contribution in [2.24, 2.45) is 23.1 Å². The van der Waals surface area contributed by atoms with E-state index in [9.17, 15) is 43.5 Å². The van der Waals surface area contributed by atoms with Crippen LogP contribution in [0.1, 0.15) is 109 Å². The molecule has 0 spiro atoms. The standard InChI is InChI=1S/C29H38ClN3O6.C19H27ClN2O6.C9H12N2O/c1-29(2,3)39-28(37)33-24(25(34)18-22(26(31)35)17-20-11-5-4-6-12-20)15-9-10-16-32-27(36)38-19-21-13-7-8-14-23(21)30;1-19(2,3)28-18(26)22-15(16(23)24)10-6-7-11-21-17(25)27-12-13-8-4-5-9-14(13)20;10-8(9(11)12)6-7-4-2-1-3-5-7/h4-8,11-14,22,24H,9-10,15-19H2,1-3H3,(H2,31,35)(H,32,36)(H,33,37);4-5,8-9,15H,6-7,10-12H2,1-3H3,(H,21,25)(H,22,26)(H,23,24);1-5,8H,6,10H2,(H2,11,12)/t22?,24-;15-;/m00./s1. The Balaban J connectivity index is 0.000000461.